The molecule has 0 aromatic carbocycles. The van der Waals surface area contributed by atoms with E-state index >= 15 is 0 Å². The molecule has 10 nitrogen and oxygen atoms in total. The zero-order chi connectivity index (χ0) is 30.2. The van der Waals surface area contributed by atoms with E-state index in [1.807, 2.05) is 53.6 Å². The van der Waals surface area contributed by atoms with Gasteiger partial charge in [0.2, 0.25) is 0 Å². The average Bonchev–Trinajstić information content (AvgIpc) is 3.58. The molecule has 5 rings (SSSR count). The molecule has 0 bridgehead atoms. The van der Waals surface area contributed by atoms with Crippen molar-refractivity contribution < 1.29 is 50.6 Å². The van der Waals surface area contributed by atoms with E-state index < -0.39 is 24.3 Å². The lowest BCUT2D eigenvalue weighted by atomic mass is 9.97. The average molecular weight is 587 g/mol. The number of halogens is 6. The van der Waals surface area contributed by atoms with E-state index in [1.165, 1.54) is 12.0 Å². The molecular weight excluding hydrogens is 564 g/mol. The number of nitrogens with zero attached hydrogens (tertiary/aromatic N) is 5. The second-order valence-corrected chi connectivity index (χ2v) is 8.74. The van der Waals surface area contributed by atoms with Gasteiger partial charge in [0.05, 0.1) is 12.5 Å². The van der Waals surface area contributed by atoms with Crippen LogP contribution in [-0.4, -0.2) is 72.1 Å². The van der Waals surface area contributed by atoms with Crippen LogP contribution in [0.25, 0.3) is 16.8 Å². The summed E-state index contributed by atoms with van der Waals surface area (Å²) in [6, 6.07) is 10.2. The van der Waals surface area contributed by atoms with Gasteiger partial charge in [-0.3, -0.25) is 9.88 Å². The summed E-state index contributed by atoms with van der Waals surface area (Å²) in [6.45, 7) is 3.02. The van der Waals surface area contributed by atoms with Crippen LogP contribution in [0.15, 0.2) is 65.9 Å². The minimum atomic E-state index is -5.08. The number of hydrogen-bond donors (Lipinski definition) is 2. The number of aliphatic carboxylic acids is 2. The number of carboxylic acids is 2. The lowest BCUT2D eigenvalue weighted by molar-refractivity contribution is -0.193. The zero-order valence-electron chi connectivity index (χ0n) is 21.0. The summed E-state index contributed by atoms with van der Waals surface area (Å²) in [5, 5.41) is 19.0. The maximum atomic E-state index is 10.6. The maximum Gasteiger partial charge on any atom is 0.490 e. The summed E-state index contributed by atoms with van der Waals surface area (Å²) in [4.78, 5) is 29.1. The van der Waals surface area contributed by atoms with Gasteiger partial charge in [-0.25, -0.2) is 19.1 Å². The largest absolute Gasteiger partial charge is 0.490 e. The first-order chi connectivity index (χ1) is 19.2. The van der Waals surface area contributed by atoms with Crippen molar-refractivity contribution in [2.45, 2.75) is 37.7 Å². The number of aromatic nitrogens is 4. The van der Waals surface area contributed by atoms with Gasteiger partial charge in [0.15, 0.2) is 11.5 Å². The number of carbonyl (C=O) groups is 2. The molecule has 0 aliphatic carbocycles. The van der Waals surface area contributed by atoms with Crippen LogP contribution in [0, 0.1) is 0 Å². The van der Waals surface area contributed by atoms with Crippen molar-refractivity contribution >= 4 is 17.6 Å². The Morgan fingerprint density at radius 1 is 0.951 bits per heavy atom. The highest BCUT2D eigenvalue weighted by Gasteiger charge is 2.38. The maximum absolute atomic E-state index is 10.6. The van der Waals surface area contributed by atoms with Gasteiger partial charge in [0, 0.05) is 48.7 Å². The second-order valence-electron chi connectivity index (χ2n) is 8.74. The van der Waals surface area contributed by atoms with E-state index in [-0.39, 0.29) is 0 Å². The number of piperidine rings is 1. The van der Waals surface area contributed by atoms with Crippen molar-refractivity contribution in [1.29, 1.82) is 0 Å². The Hall–Kier alpha value is -4.47. The SMILES string of the molecule is O=C(O)C(F)(F)F.O=C(O)C(F)(F)F.c1cc(-c2ccc3nc(C4CCCN(Cc5ccoc5)C4)nn3c2)ccn1. The van der Waals surface area contributed by atoms with Crippen molar-refractivity contribution in [3.63, 3.8) is 0 Å². The Labute approximate surface area is 227 Å². The Morgan fingerprint density at radius 2 is 1.59 bits per heavy atom. The molecule has 41 heavy (non-hydrogen) atoms. The molecule has 1 atom stereocenters. The third kappa shape index (κ3) is 9.30. The van der Waals surface area contributed by atoms with Crippen LogP contribution in [0.1, 0.15) is 30.1 Å². The van der Waals surface area contributed by atoms with E-state index in [0.717, 1.165) is 48.7 Å². The number of pyridine rings is 2. The monoisotopic (exact) mass is 587 g/mol. The molecule has 0 radical (unpaired) electrons. The topological polar surface area (TPSA) is 134 Å². The molecule has 0 amide bonds. The minimum Gasteiger partial charge on any atom is -0.475 e. The molecule has 1 saturated heterocycles. The number of alkyl halides is 6. The van der Waals surface area contributed by atoms with Gasteiger partial charge in [-0.2, -0.15) is 31.4 Å². The van der Waals surface area contributed by atoms with E-state index in [4.69, 9.17) is 34.3 Å². The highest BCUT2D eigenvalue weighted by Crippen LogP contribution is 2.27. The van der Waals surface area contributed by atoms with Crippen LogP contribution in [0.3, 0.4) is 0 Å². The van der Waals surface area contributed by atoms with Crippen LogP contribution in [-0.2, 0) is 16.1 Å². The summed E-state index contributed by atoms with van der Waals surface area (Å²) in [5.41, 5.74) is 4.37. The highest BCUT2D eigenvalue weighted by atomic mass is 19.4. The Bertz CT molecular complexity index is 1400. The molecule has 16 heteroatoms. The molecule has 5 heterocycles. The molecule has 1 aliphatic rings. The first-order valence-corrected chi connectivity index (χ1v) is 11.8. The number of rotatable bonds is 4. The Balaban J connectivity index is 0.000000276. The van der Waals surface area contributed by atoms with Crippen LogP contribution < -0.4 is 0 Å². The molecule has 0 spiro atoms. The first-order valence-electron chi connectivity index (χ1n) is 11.8. The molecule has 220 valence electrons. The minimum absolute atomic E-state index is 0.370. The summed E-state index contributed by atoms with van der Waals surface area (Å²) in [5.74, 6) is -4.20. The fourth-order valence-corrected chi connectivity index (χ4v) is 3.84. The van der Waals surface area contributed by atoms with Gasteiger partial charge in [0.25, 0.3) is 0 Å². The van der Waals surface area contributed by atoms with E-state index in [2.05, 4.69) is 16.0 Å². The van der Waals surface area contributed by atoms with Crippen LogP contribution in [0.5, 0.6) is 0 Å². The fourth-order valence-electron chi connectivity index (χ4n) is 3.84. The van der Waals surface area contributed by atoms with Gasteiger partial charge < -0.3 is 14.6 Å². The lowest BCUT2D eigenvalue weighted by Crippen LogP contribution is -2.34. The van der Waals surface area contributed by atoms with Gasteiger partial charge in [-0.1, -0.05) is 0 Å². The zero-order valence-corrected chi connectivity index (χ0v) is 21.0. The van der Waals surface area contributed by atoms with Crippen molar-refractivity contribution in [2.24, 2.45) is 0 Å². The van der Waals surface area contributed by atoms with Gasteiger partial charge in [-0.15, -0.1) is 0 Å². The quantitative estimate of drug-likeness (QED) is 0.315. The van der Waals surface area contributed by atoms with E-state index in [9.17, 15) is 26.3 Å². The van der Waals surface area contributed by atoms with E-state index in [0.29, 0.717) is 5.92 Å². The van der Waals surface area contributed by atoms with Crippen molar-refractivity contribution in [3.05, 3.63) is 72.8 Å². The van der Waals surface area contributed by atoms with Crippen LogP contribution in [0.2, 0.25) is 0 Å². The molecule has 1 aliphatic heterocycles. The first kappa shape index (κ1) is 31.1. The number of furan rings is 1. The van der Waals surface area contributed by atoms with Gasteiger partial charge in [-0.05, 0) is 55.3 Å². The van der Waals surface area contributed by atoms with Crippen molar-refractivity contribution in [1.82, 2.24) is 24.5 Å². The summed E-state index contributed by atoms with van der Waals surface area (Å²) >= 11 is 0. The molecule has 1 fully saturated rings. The molecule has 4 aromatic rings. The predicted molar refractivity (Wildman–Crippen MR) is 130 cm³/mol. The van der Waals surface area contributed by atoms with Crippen molar-refractivity contribution in [3.8, 4) is 11.1 Å². The smallest absolute Gasteiger partial charge is 0.475 e. The van der Waals surface area contributed by atoms with Gasteiger partial charge >= 0.3 is 24.3 Å². The summed E-state index contributed by atoms with van der Waals surface area (Å²) in [6.07, 6.45) is 1.36. The van der Waals surface area contributed by atoms with Crippen LogP contribution >= 0.6 is 0 Å². The third-order valence-electron chi connectivity index (χ3n) is 5.70. The molecular formula is C25H23F6N5O5. The highest BCUT2D eigenvalue weighted by molar-refractivity contribution is 5.73. The molecule has 2 N–H and O–H groups in total. The van der Waals surface area contributed by atoms with Crippen LogP contribution in [0.4, 0.5) is 26.3 Å². The summed E-state index contributed by atoms with van der Waals surface area (Å²) in [7, 11) is 0. The number of carboxylic acid groups (broad SMARTS) is 2. The standard InChI is InChI=1S/C21H21N5O.2C2HF3O2/c1-2-19(13-25(10-1)12-16-7-11-27-15-16)21-23-20-4-3-18(14-26(20)24-21)17-5-8-22-9-6-17;2*3-2(4,5)1(6)7/h3-9,11,14-15,19H,1-2,10,12-13H2;2*(H,6,7). The Morgan fingerprint density at radius 3 is 2.15 bits per heavy atom. The predicted octanol–water partition coefficient (Wildman–Crippen LogP) is 5.03. The summed E-state index contributed by atoms with van der Waals surface area (Å²) < 4.78 is 70.6. The normalized spacial score (nSPS) is 15.8. The number of likely N-dealkylation sites (tertiary alicyclic amines) is 1. The fraction of sp³-hybridized carbons (Fsp3) is 0.320. The molecule has 4 aromatic heterocycles. The second kappa shape index (κ2) is 13.3. The van der Waals surface area contributed by atoms with Gasteiger partial charge in [0.1, 0.15) is 0 Å². The number of hydrogen-bond acceptors (Lipinski definition) is 7. The molecule has 1 unspecified atom stereocenters. The van der Waals surface area contributed by atoms with E-state index in [1.54, 1.807) is 6.26 Å². The molecule has 0 saturated carbocycles. The Kier molecular flexibility index (Phi) is 10.0. The van der Waals surface area contributed by atoms with Crippen molar-refractivity contribution in [2.75, 3.05) is 13.1 Å². The number of fused-ring (bicyclic) bond motifs is 1. The third-order valence-corrected chi connectivity index (χ3v) is 5.70. The lowest BCUT2D eigenvalue weighted by Gasteiger charge is -2.30.